The van der Waals surface area contributed by atoms with Gasteiger partial charge >= 0.3 is 0 Å². The third-order valence-electron chi connectivity index (χ3n) is 6.13. The van der Waals surface area contributed by atoms with Crippen molar-refractivity contribution in [2.24, 2.45) is 0 Å². The summed E-state index contributed by atoms with van der Waals surface area (Å²) in [7, 11) is 0. The molecule has 2 fully saturated rings. The molecule has 0 radical (unpaired) electrons. The fourth-order valence-electron chi connectivity index (χ4n) is 4.04. The van der Waals surface area contributed by atoms with Gasteiger partial charge in [-0.15, -0.1) is 0 Å². The van der Waals surface area contributed by atoms with E-state index >= 15 is 0 Å². The number of anilines is 2. The van der Waals surface area contributed by atoms with Gasteiger partial charge in [0.15, 0.2) is 0 Å². The topological polar surface area (TPSA) is 81.8 Å². The first-order valence-electron chi connectivity index (χ1n) is 11.8. The molecule has 1 saturated heterocycles. The summed E-state index contributed by atoms with van der Waals surface area (Å²) < 4.78 is 0. The minimum Gasteiger partial charge on any atom is -0.353 e. The van der Waals surface area contributed by atoms with Crippen LogP contribution in [0.3, 0.4) is 0 Å². The van der Waals surface area contributed by atoms with Crippen molar-refractivity contribution in [3.63, 3.8) is 0 Å². The van der Waals surface area contributed by atoms with E-state index in [4.69, 9.17) is 0 Å². The minimum atomic E-state index is -0.270. The summed E-state index contributed by atoms with van der Waals surface area (Å²) in [6.07, 6.45) is 5.20. The van der Waals surface area contributed by atoms with Crippen molar-refractivity contribution in [1.82, 2.24) is 10.2 Å². The molecule has 7 nitrogen and oxygen atoms in total. The molecule has 0 unspecified atom stereocenters. The van der Waals surface area contributed by atoms with Gasteiger partial charge in [-0.25, -0.2) is 0 Å². The van der Waals surface area contributed by atoms with Crippen LogP contribution in [-0.4, -0.2) is 54.8 Å². The fraction of sp³-hybridized carbons (Fsp3) is 0.423. The average molecular weight is 449 g/mol. The van der Waals surface area contributed by atoms with Crippen LogP contribution in [-0.2, 0) is 9.59 Å². The molecule has 33 heavy (non-hydrogen) atoms. The molecule has 3 amide bonds. The standard InChI is InChI=1S/C26H32N4O3/c1-19-9-13-21(14-10-19)30(18-25(32)29-15-5-2-6-16-29)17-24(31)28-23-8-4-3-7-22(23)26(33)27-20-11-12-20/h3-4,7-10,13-14,20H,2,5-6,11-12,15-18H2,1H3,(H,27,33)(H,28,31). The quantitative estimate of drug-likeness (QED) is 0.649. The Morgan fingerprint density at radius 1 is 0.939 bits per heavy atom. The second-order valence-electron chi connectivity index (χ2n) is 8.97. The Kier molecular flexibility index (Phi) is 7.27. The molecule has 2 N–H and O–H groups in total. The molecule has 2 aliphatic rings. The van der Waals surface area contributed by atoms with Gasteiger partial charge in [-0.05, 0) is 63.3 Å². The van der Waals surface area contributed by atoms with Crippen molar-refractivity contribution in [2.75, 3.05) is 36.4 Å². The molecule has 0 bridgehead atoms. The summed E-state index contributed by atoms with van der Waals surface area (Å²) in [6.45, 7) is 3.71. The highest BCUT2D eigenvalue weighted by Gasteiger charge is 2.25. The van der Waals surface area contributed by atoms with E-state index in [1.54, 1.807) is 29.2 Å². The minimum absolute atomic E-state index is 0.0151. The first-order chi connectivity index (χ1) is 16.0. The maximum atomic E-state index is 13.0. The monoisotopic (exact) mass is 448 g/mol. The van der Waals surface area contributed by atoms with Crippen molar-refractivity contribution in [2.45, 2.75) is 45.1 Å². The Hall–Kier alpha value is -3.35. The average Bonchev–Trinajstić information content (AvgIpc) is 3.64. The Balaban J connectivity index is 1.46. The molecule has 2 aromatic carbocycles. The number of likely N-dealkylation sites (tertiary alicyclic amines) is 1. The molecule has 1 aliphatic carbocycles. The zero-order valence-corrected chi connectivity index (χ0v) is 19.2. The summed E-state index contributed by atoms with van der Waals surface area (Å²) in [5.41, 5.74) is 2.86. The van der Waals surface area contributed by atoms with Crippen LogP contribution >= 0.6 is 0 Å². The molecule has 7 heteroatoms. The second-order valence-corrected chi connectivity index (χ2v) is 8.97. The van der Waals surface area contributed by atoms with Crippen molar-refractivity contribution in [3.8, 4) is 0 Å². The molecular formula is C26H32N4O3. The van der Waals surface area contributed by atoms with Crippen molar-refractivity contribution >= 4 is 29.1 Å². The molecule has 0 spiro atoms. The van der Waals surface area contributed by atoms with E-state index < -0.39 is 0 Å². The predicted molar refractivity (Wildman–Crippen MR) is 129 cm³/mol. The molecule has 0 aromatic heterocycles. The molecule has 174 valence electrons. The SMILES string of the molecule is Cc1ccc(N(CC(=O)Nc2ccccc2C(=O)NC2CC2)CC(=O)N2CCCCC2)cc1. The first kappa shape index (κ1) is 22.8. The third-order valence-corrected chi connectivity index (χ3v) is 6.13. The molecule has 2 aromatic rings. The van der Waals surface area contributed by atoms with E-state index in [0.29, 0.717) is 11.3 Å². The van der Waals surface area contributed by atoms with Crippen molar-refractivity contribution < 1.29 is 14.4 Å². The number of piperidine rings is 1. The van der Waals surface area contributed by atoms with Gasteiger partial charge in [0.25, 0.3) is 5.91 Å². The van der Waals surface area contributed by atoms with E-state index in [0.717, 1.165) is 56.4 Å². The van der Waals surface area contributed by atoms with Gasteiger partial charge in [0, 0.05) is 24.8 Å². The number of aryl methyl sites for hydroxylation is 1. The Morgan fingerprint density at radius 3 is 2.33 bits per heavy atom. The summed E-state index contributed by atoms with van der Waals surface area (Å²) >= 11 is 0. The van der Waals surface area contributed by atoms with Gasteiger partial charge < -0.3 is 20.4 Å². The highest BCUT2D eigenvalue weighted by molar-refractivity contribution is 6.05. The van der Waals surface area contributed by atoms with Crippen LogP contribution < -0.4 is 15.5 Å². The number of carbonyl (C=O) groups is 3. The zero-order valence-electron chi connectivity index (χ0n) is 19.2. The highest BCUT2D eigenvalue weighted by atomic mass is 16.2. The van der Waals surface area contributed by atoms with Gasteiger partial charge in [0.05, 0.1) is 24.3 Å². The number of rotatable bonds is 8. The number of benzene rings is 2. The Morgan fingerprint density at radius 2 is 1.64 bits per heavy atom. The summed E-state index contributed by atoms with van der Waals surface area (Å²) in [4.78, 5) is 42.2. The lowest BCUT2D eigenvalue weighted by Crippen LogP contribution is -2.45. The maximum absolute atomic E-state index is 13.0. The van der Waals surface area contributed by atoms with Gasteiger partial charge in [0.2, 0.25) is 11.8 Å². The van der Waals surface area contributed by atoms with Gasteiger partial charge in [0.1, 0.15) is 0 Å². The normalized spacial score (nSPS) is 15.6. The lowest BCUT2D eigenvalue weighted by Gasteiger charge is -2.31. The van der Waals surface area contributed by atoms with Crippen LogP contribution in [0.1, 0.15) is 48.0 Å². The van der Waals surface area contributed by atoms with Crippen LogP contribution in [0.4, 0.5) is 11.4 Å². The lowest BCUT2D eigenvalue weighted by molar-refractivity contribution is -0.130. The molecule has 4 rings (SSSR count). The van der Waals surface area contributed by atoms with Crippen LogP contribution in [0.25, 0.3) is 0 Å². The predicted octanol–water partition coefficient (Wildman–Crippen LogP) is 3.34. The van der Waals surface area contributed by atoms with E-state index in [9.17, 15) is 14.4 Å². The summed E-state index contributed by atoms with van der Waals surface area (Å²) in [5, 5.41) is 5.85. The maximum Gasteiger partial charge on any atom is 0.253 e. The lowest BCUT2D eigenvalue weighted by atomic mass is 10.1. The van der Waals surface area contributed by atoms with Crippen molar-refractivity contribution in [1.29, 1.82) is 0 Å². The first-order valence-corrected chi connectivity index (χ1v) is 11.8. The summed E-state index contributed by atoms with van der Waals surface area (Å²) in [5.74, 6) is -0.412. The molecule has 1 heterocycles. The van der Waals surface area contributed by atoms with E-state index in [-0.39, 0.29) is 36.9 Å². The van der Waals surface area contributed by atoms with Crippen LogP contribution in [0.5, 0.6) is 0 Å². The second kappa shape index (κ2) is 10.5. The molecular weight excluding hydrogens is 416 g/mol. The Bertz CT molecular complexity index is 995. The zero-order chi connectivity index (χ0) is 23.2. The number of nitrogens with zero attached hydrogens (tertiary/aromatic N) is 2. The number of nitrogens with one attached hydrogen (secondary N) is 2. The van der Waals surface area contributed by atoms with Crippen LogP contribution in [0.2, 0.25) is 0 Å². The number of para-hydroxylation sites is 1. The molecule has 0 atom stereocenters. The highest BCUT2D eigenvalue weighted by Crippen LogP contribution is 2.22. The molecule has 1 aliphatic heterocycles. The fourth-order valence-corrected chi connectivity index (χ4v) is 4.04. The smallest absolute Gasteiger partial charge is 0.253 e. The summed E-state index contributed by atoms with van der Waals surface area (Å²) in [6, 6.07) is 15.1. The third kappa shape index (κ3) is 6.34. The van der Waals surface area contributed by atoms with Gasteiger partial charge in [-0.1, -0.05) is 29.8 Å². The Labute approximate surface area is 195 Å². The van der Waals surface area contributed by atoms with Gasteiger partial charge in [-0.2, -0.15) is 0 Å². The van der Waals surface area contributed by atoms with E-state index in [1.165, 1.54) is 0 Å². The van der Waals surface area contributed by atoms with E-state index in [2.05, 4.69) is 10.6 Å². The van der Waals surface area contributed by atoms with Gasteiger partial charge in [-0.3, -0.25) is 14.4 Å². The number of carbonyl (C=O) groups excluding carboxylic acids is 3. The number of hydrogen-bond acceptors (Lipinski definition) is 4. The van der Waals surface area contributed by atoms with E-state index in [1.807, 2.05) is 36.1 Å². The number of amides is 3. The molecule has 1 saturated carbocycles. The van der Waals surface area contributed by atoms with Crippen molar-refractivity contribution in [3.05, 3.63) is 59.7 Å². The van der Waals surface area contributed by atoms with Crippen LogP contribution in [0, 0.1) is 6.92 Å². The number of hydrogen-bond donors (Lipinski definition) is 2. The van der Waals surface area contributed by atoms with Crippen LogP contribution in [0.15, 0.2) is 48.5 Å². The largest absolute Gasteiger partial charge is 0.353 e.